The fraction of sp³-hybridized carbons (Fsp3) is 0.194. The highest BCUT2D eigenvalue weighted by atomic mass is 16.5. The van der Waals surface area contributed by atoms with Gasteiger partial charge in [-0.25, -0.2) is 9.50 Å². The highest BCUT2D eigenvalue weighted by molar-refractivity contribution is 5.94. The van der Waals surface area contributed by atoms with Gasteiger partial charge in [0.1, 0.15) is 11.4 Å². The van der Waals surface area contributed by atoms with Crippen LogP contribution in [0.2, 0.25) is 0 Å². The van der Waals surface area contributed by atoms with Crippen LogP contribution in [0.1, 0.15) is 17.4 Å². The number of fused-ring (bicyclic) bond motifs is 1. The van der Waals surface area contributed by atoms with Gasteiger partial charge in [0, 0.05) is 43.4 Å². The van der Waals surface area contributed by atoms with Crippen molar-refractivity contribution in [2.24, 2.45) is 0 Å². The number of para-hydroxylation sites is 2. The van der Waals surface area contributed by atoms with Crippen LogP contribution >= 0.6 is 0 Å². The quantitative estimate of drug-likeness (QED) is 0.309. The number of rotatable bonds is 6. The first-order chi connectivity index (χ1) is 18.7. The Morgan fingerprint density at radius 3 is 2.11 bits per heavy atom. The predicted molar refractivity (Wildman–Crippen MR) is 150 cm³/mol. The highest BCUT2D eigenvalue weighted by Crippen LogP contribution is 2.29. The third-order valence-corrected chi connectivity index (χ3v) is 6.86. The Labute approximate surface area is 221 Å². The summed E-state index contributed by atoms with van der Waals surface area (Å²) in [6, 6.07) is 31.8. The van der Waals surface area contributed by atoms with Gasteiger partial charge in [-0.3, -0.25) is 4.79 Å². The maximum Gasteiger partial charge on any atom is 0.272 e. The van der Waals surface area contributed by atoms with E-state index in [-0.39, 0.29) is 5.91 Å². The van der Waals surface area contributed by atoms with E-state index < -0.39 is 0 Å². The maximum atomic E-state index is 13.9. The first kappa shape index (κ1) is 23.7. The molecule has 3 heterocycles. The normalized spacial score (nSPS) is 13.6. The summed E-state index contributed by atoms with van der Waals surface area (Å²) >= 11 is 0. The molecule has 1 aliphatic heterocycles. The van der Waals surface area contributed by atoms with Gasteiger partial charge in [-0.05, 0) is 25.1 Å². The number of carbonyl (C=O) groups is 1. The molecule has 0 unspecified atom stereocenters. The van der Waals surface area contributed by atoms with Crippen molar-refractivity contribution < 1.29 is 9.53 Å². The second-order valence-electron chi connectivity index (χ2n) is 9.24. The number of nitrogens with zero attached hydrogens (tertiary/aromatic N) is 5. The first-order valence-electron chi connectivity index (χ1n) is 13.0. The SMILES string of the molecule is CCOc1ccccc1N1CCN(C(=O)c2cc(-c3ccccc3)nc3cc(-c4ccccc4)nn23)CC1. The average molecular weight is 504 g/mol. The van der Waals surface area contributed by atoms with Gasteiger partial charge in [0.2, 0.25) is 0 Å². The largest absolute Gasteiger partial charge is 0.492 e. The lowest BCUT2D eigenvalue weighted by atomic mass is 10.1. The molecule has 7 nitrogen and oxygen atoms in total. The van der Waals surface area contributed by atoms with Crippen LogP contribution < -0.4 is 9.64 Å². The molecule has 190 valence electrons. The molecular weight excluding hydrogens is 474 g/mol. The fourth-order valence-electron chi connectivity index (χ4n) is 4.94. The van der Waals surface area contributed by atoms with Gasteiger partial charge in [-0.1, -0.05) is 72.8 Å². The van der Waals surface area contributed by atoms with Crippen LogP contribution in [0.25, 0.3) is 28.2 Å². The average Bonchev–Trinajstić information content (AvgIpc) is 3.42. The molecule has 1 aliphatic rings. The Kier molecular flexibility index (Phi) is 6.48. The predicted octanol–water partition coefficient (Wildman–Crippen LogP) is 5.42. The Morgan fingerprint density at radius 1 is 0.789 bits per heavy atom. The fourth-order valence-corrected chi connectivity index (χ4v) is 4.94. The minimum atomic E-state index is -0.0463. The van der Waals surface area contributed by atoms with Gasteiger partial charge in [0.05, 0.1) is 23.7 Å². The summed E-state index contributed by atoms with van der Waals surface area (Å²) in [4.78, 5) is 23.0. The third-order valence-electron chi connectivity index (χ3n) is 6.86. The Bertz CT molecular complexity index is 1560. The van der Waals surface area contributed by atoms with E-state index in [1.807, 2.05) is 103 Å². The second kappa shape index (κ2) is 10.4. The van der Waals surface area contributed by atoms with Crippen LogP contribution in [0.15, 0.2) is 97.1 Å². The lowest BCUT2D eigenvalue weighted by Crippen LogP contribution is -2.49. The maximum absolute atomic E-state index is 13.9. The number of ether oxygens (including phenoxy) is 1. The van der Waals surface area contributed by atoms with E-state index in [9.17, 15) is 4.79 Å². The van der Waals surface area contributed by atoms with Crippen LogP contribution in [0, 0.1) is 0 Å². The van der Waals surface area contributed by atoms with Crippen molar-refractivity contribution in [3.05, 3.63) is 103 Å². The Morgan fingerprint density at radius 2 is 1.42 bits per heavy atom. The van der Waals surface area contributed by atoms with E-state index in [1.165, 1.54) is 0 Å². The number of piperazine rings is 1. The van der Waals surface area contributed by atoms with E-state index in [1.54, 1.807) is 4.52 Å². The minimum Gasteiger partial charge on any atom is -0.492 e. The molecule has 0 atom stereocenters. The van der Waals surface area contributed by atoms with E-state index in [4.69, 9.17) is 14.8 Å². The summed E-state index contributed by atoms with van der Waals surface area (Å²) < 4.78 is 7.52. The number of hydrogen-bond acceptors (Lipinski definition) is 5. The lowest BCUT2D eigenvalue weighted by Gasteiger charge is -2.36. The van der Waals surface area contributed by atoms with Gasteiger partial charge < -0.3 is 14.5 Å². The van der Waals surface area contributed by atoms with Crippen molar-refractivity contribution in [3.8, 4) is 28.3 Å². The minimum absolute atomic E-state index is 0.0463. The van der Waals surface area contributed by atoms with Crippen LogP contribution in [-0.4, -0.2) is 58.2 Å². The summed E-state index contributed by atoms with van der Waals surface area (Å²) in [7, 11) is 0. The molecule has 0 bridgehead atoms. The van der Waals surface area contributed by atoms with Crippen molar-refractivity contribution in [3.63, 3.8) is 0 Å². The monoisotopic (exact) mass is 503 g/mol. The molecule has 1 fully saturated rings. The van der Waals surface area contributed by atoms with Crippen molar-refractivity contribution >= 4 is 17.2 Å². The van der Waals surface area contributed by atoms with Gasteiger partial charge in [-0.15, -0.1) is 0 Å². The van der Waals surface area contributed by atoms with Crippen LogP contribution in [0.4, 0.5) is 5.69 Å². The van der Waals surface area contributed by atoms with E-state index in [0.717, 1.165) is 47.0 Å². The van der Waals surface area contributed by atoms with E-state index in [2.05, 4.69) is 11.0 Å². The van der Waals surface area contributed by atoms with Crippen molar-refractivity contribution in [2.45, 2.75) is 6.92 Å². The summed E-state index contributed by atoms with van der Waals surface area (Å²) in [5.74, 6) is 0.832. The summed E-state index contributed by atoms with van der Waals surface area (Å²) in [5, 5.41) is 4.81. The van der Waals surface area contributed by atoms with Crippen molar-refractivity contribution in [1.29, 1.82) is 0 Å². The summed E-state index contributed by atoms with van der Waals surface area (Å²) in [5.41, 5.74) is 5.72. The molecule has 7 heteroatoms. The first-order valence-corrected chi connectivity index (χ1v) is 13.0. The Balaban J connectivity index is 1.33. The Hall–Kier alpha value is -4.65. The third kappa shape index (κ3) is 4.59. The number of hydrogen-bond donors (Lipinski definition) is 0. The standard InChI is InChI=1S/C31H29N5O2/c1-2-38-29-16-10-9-15-27(29)34-17-19-35(20-18-34)31(37)28-21-25(23-11-5-3-6-12-23)32-30-22-26(33-36(28)30)24-13-7-4-8-14-24/h3-16,21-22H,2,17-20H2,1H3. The molecule has 2 aromatic heterocycles. The number of anilines is 1. The molecule has 5 aromatic rings. The van der Waals surface area contributed by atoms with Crippen LogP contribution in [0.3, 0.4) is 0 Å². The van der Waals surface area contributed by atoms with Gasteiger partial charge in [0.15, 0.2) is 5.65 Å². The van der Waals surface area contributed by atoms with E-state index >= 15 is 0 Å². The zero-order valence-corrected chi connectivity index (χ0v) is 21.3. The smallest absolute Gasteiger partial charge is 0.272 e. The summed E-state index contributed by atoms with van der Waals surface area (Å²) in [6.07, 6.45) is 0. The van der Waals surface area contributed by atoms with Crippen molar-refractivity contribution in [2.75, 3.05) is 37.7 Å². The number of benzene rings is 3. The number of aromatic nitrogens is 3. The molecule has 1 saturated heterocycles. The highest BCUT2D eigenvalue weighted by Gasteiger charge is 2.26. The lowest BCUT2D eigenvalue weighted by molar-refractivity contribution is 0.0737. The molecule has 0 aliphatic carbocycles. The van der Waals surface area contributed by atoms with Crippen LogP contribution in [-0.2, 0) is 0 Å². The second-order valence-corrected chi connectivity index (χ2v) is 9.24. The zero-order valence-electron chi connectivity index (χ0n) is 21.3. The van der Waals surface area contributed by atoms with Gasteiger partial charge in [0.25, 0.3) is 5.91 Å². The zero-order chi connectivity index (χ0) is 25.9. The molecule has 6 rings (SSSR count). The summed E-state index contributed by atoms with van der Waals surface area (Å²) in [6.45, 7) is 5.28. The molecule has 0 radical (unpaired) electrons. The molecule has 3 aromatic carbocycles. The number of carbonyl (C=O) groups excluding carboxylic acids is 1. The molecular formula is C31H29N5O2. The van der Waals surface area contributed by atoms with E-state index in [0.29, 0.717) is 31.0 Å². The molecule has 0 saturated carbocycles. The topological polar surface area (TPSA) is 63.0 Å². The molecule has 1 amide bonds. The van der Waals surface area contributed by atoms with Gasteiger partial charge >= 0.3 is 0 Å². The molecule has 0 spiro atoms. The van der Waals surface area contributed by atoms with Gasteiger partial charge in [-0.2, -0.15) is 5.10 Å². The van der Waals surface area contributed by atoms with Crippen LogP contribution in [0.5, 0.6) is 5.75 Å². The molecule has 38 heavy (non-hydrogen) atoms. The number of amides is 1. The van der Waals surface area contributed by atoms with Crippen molar-refractivity contribution in [1.82, 2.24) is 19.5 Å². The molecule has 0 N–H and O–H groups in total.